The smallest absolute Gasteiger partial charge is 0.243 e. The minimum absolute atomic E-state index is 0.0601. The van der Waals surface area contributed by atoms with Crippen LogP contribution in [0.5, 0.6) is 0 Å². The lowest BCUT2D eigenvalue weighted by atomic mass is 10.0. The summed E-state index contributed by atoms with van der Waals surface area (Å²) in [6, 6.07) is 4.91. The third kappa shape index (κ3) is 2.78. The third-order valence-electron chi connectivity index (χ3n) is 2.26. The van der Waals surface area contributed by atoms with Crippen molar-refractivity contribution < 1.29 is 8.42 Å². The van der Waals surface area contributed by atoms with Gasteiger partial charge in [-0.1, -0.05) is 6.92 Å². The first-order chi connectivity index (χ1) is 7.43. The van der Waals surface area contributed by atoms with Crippen molar-refractivity contribution in [3.05, 3.63) is 24.5 Å². The zero-order chi connectivity index (χ0) is 12.2. The standard InChI is InChI=1S/C10H13N3O2S/c1-3-10(2,8-11)13-16(14,15)9-5-4-6-12-7-9/h4-7,13H,3H2,1-2H3. The Kier molecular flexibility index (Phi) is 3.62. The van der Waals surface area contributed by atoms with Gasteiger partial charge in [-0.05, 0) is 25.5 Å². The van der Waals surface area contributed by atoms with Gasteiger partial charge in [0.25, 0.3) is 0 Å². The number of nitrogens with one attached hydrogen (secondary N) is 1. The summed E-state index contributed by atoms with van der Waals surface area (Å²) in [7, 11) is -3.68. The molecule has 0 aliphatic carbocycles. The number of pyridine rings is 1. The Morgan fingerprint density at radius 3 is 2.75 bits per heavy atom. The van der Waals surface area contributed by atoms with Crippen molar-refractivity contribution >= 4 is 10.0 Å². The van der Waals surface area contributed by atoms with Gasteiger partial charge in [-0.2, -0.15) is 9.98 Å². The monoisotopic (exact) mass is 239 g/mol. The number of hydrogen-bond acceptors (Lipinski definition) is 4. The summed E-state index contributed by atoms with van der Waals surface area (Å²) in [5, 5.41) is 8.90. The summed E-state index contributed by atoms with van der Waals surface area (Å²) >= 11 is 0. The Morgan fingerprint density at radius 2 is 2.31 bits per heavy atom. The molecule has 1 N–H and O–H groups in total. The van der Waals surface area contributed by atoms with Crippen LogP contribution in [0.25, 0.3) is 0 Å². The molecule has 0 saturated carbocycles. The van der Waals surface area contributed by atoms with Crippen molar-refractivity contribution in [3.8, 4) is 6.07 Å². The highest BCUT2D eigenvalue weighted by Gasteiger charge is 2.28. The lowest BCUT2D eigenvalue weighted by Crippen LogP contribution is -2.44. The van der Waals surface area contributed by atoms with E-state index in [1.54, 1.807) is 13.8 Å². The maximum atomic E-state index is 11.9. The van der Waals surface area contributed by atoms with Crippen molar-refractivity contribution in [2.75, 3.05) is 0 Å². The average molecular weight is 239 g/mol. The van der Waals surface area contributed by atoms with E-state index in [4.69, 9.17) is 5.26 Å². The summed E-state index contributed by atoms with van der Waals surface area (Å²) in [5.74, 6) is 0. The topological polar surface area (TPSA) is 82.9 Å². The molecule has 1 rings (SSSR count). The molecule has 86 valence electrons. The Balaban J connectivity index is 3.03. The predicted molar refractivity (Wildman–Crippen MR) is 58.9 cm³/mol. The van der Waals surface area contributed by atoms with Gasteiger partial charge < -0.3 is 0 Å². The Morgan fingerprint density at radius 1 is 1.62 bits per heavy atom. The van der Waals surface area contributed by atoms with Crippen molar-refractivity contribution in [1.82, 2.24) is 9.71 Å². The Bertz CT molecular complexity index is 493. The second-order valence-electron chi connectivity index (χ2n) is 3.59. The second kappa shape index (κ2) is 4.60. The van der Waals surface area contributed by atoms with Crippen molar-refractivity contribution in [1.29, 1.82) is 5.26 Å². The molecule has 1 atom stereocenters. The normalized spacial score (nSPS) is 15.1. The molecule has 0 radical (unpaired) electrons. The van der Waals surface area contributed by atoms with Gasteiger partial charge in [-0.15, -0.1) is 0 Å². The number of hydrogen-bond donors (Lipinski definition) is 1. The largest absolute Gasteiger partial charge is 0.263 e. The highest BCUT2D eigenvalue weighted by molar-refractivity contribution is 7.89. The molecule has 0 aliphatic rings. The first-order valence-corrected chi connectivity index (χ1v) is 6.27. The Labute approximate surface area is 95.2 Å². The molecule has 1 aromatic heterocycles. The van der Waals surface area contributed by atoms with Crippen LogP contribution in [0.2, 0.25) is 0 Å². The molecular weight excluding hydrogens is 226 g/mol. The van der Waals surface area contributed by atoms with E-state index in [2.05, 4.69) is 9.71 Å². The van der Waals surface area contributed by atoms with E-state index in [0.717, 1.165) is 0 Å². The molecule has 0 amide bonds. The fraction of sp³-hybridized carbons (Fsp3) is 0.400. The third-order valence-corrected chi connectivity index (χ3v) is 3.84. The van der Waals surface area contributed by atoms with Crippen LogP contribution in [0.15, 0.2) is 29.4 Å². The van der Waals surface area contributed by atoms with Crippen molar-refractivity contribution in [2.45, 2.75) is 30.7 Å². The van der Waals surface area contributed by atoms with E-state index in [-0.39, 0.29) is 4.90 Å². The van der Waals surface area contributed by atoms with Gasteiger partial charge in [0, 0.05) is 12.4 Å². The molecule has 0 aliphatic heterocycles. The summed E-state index contributed by atoms with van der Waals surface area (Å²) in [6.45, 7) is 3.29. The van der Waals surface area contributed by atoms with E-state index >= 15 is 0 Å². The SMILES string of the molecule is CCC(C)(C#N)NS(=O)(=O)c1cccnc1. The molecule has 1 heterocycles. The van der Waals surface area contributed by atoms with E-state index in [0.29, 0.717) is 6.42 Å². The van der Waals surface area contributed by atoms with Gasteiger partial charge in [0.1, 0.15) is 10.4 Å². The van der Waals surface area contributed by atoms with E-state index in [1.165, 1.54) is 24.5 Å². The van der Waals surface area contributed by atoms with Gasteiger partial charge in [0.05, 0.1) is 6.07 Å². The summed E-state index contributed by atoms with van der Waals surface area (Å²) < 4.78 is 26.1. The fourth-order valence-corrected chi connectivity index (χ4v) is 2.39. The zero-order valence-corrected chi connectivity index (χ0v) is 9.95. The molecule has 16 heavy (non-hydrogen) atoms. The van der Waals surface area contributed by atoms with Gasteiger partial charge in [0.2, 0.25) is 10.0 Å². The average Bonchev–Trinajstić information content (AvgIpc) is 2.29. The first kappa shape index (κ1) is 12.6. The van der Waals surface area contributed by atoms with Crippen molar-refractivity contribution in [3.63, 3.8) is 0 Å². The van der Waals surface area contributed by atoms with Gasteiger partial charge >= 0.3 is 0 Å². The summed E-state index contributed by atoms with van der Waals surface area (Å²) in [6.07, 6.45) is 3.13. The molecule has 0 saturated heterocycles. The zero-order valence-electron chi connectivity index (χ0n) is 9.14. The van der Waals surface area contributed by atoms with Crippen LogP contribution >= 0.6 is 0 Å². The highest BCUT2D eigenvalue weighted by atomic mass is 32.2. The van der Waals surface area contributed by atoms with Crippen LogP contribution in [0.3, 0.4) is 0 Å². The lowest BCUT2D eigenvalue weighted by molar-refractivity contribution is 0.495. The van der Waals surface area contributed by atoms with Gasteiger partial charge in [-0.3, -0.25) is 4.98 Å². The van der Waals surface area contributed by atoms with Gasteiger partial charge in [-0.25, -0.2) is 8.42 Å². The minimum atomic E-state index is -3.68. The molecule has 5 nitrogen and oxygen atoms in total. The highest BCUT2D eigenvalue weighted by Crippen LogP contribution is 2.14. The molecule has 0 aromatic carbocycles. The summed E-state index contributed by atoms with van der Waals surface area (Å²) in [5.41, 5.74) is -1.09. The fourth-order valence-electron chi connectivity index (χ4n) is 1.04. The van der Waals surface area contributed by atoms with Crippen molar-refractivity contribution in [2.24, 2.45) is 0 Å². The van der Waals surface area contributed by atoms with E-state index < -0.39 is 15.6 Å². The number of nitriles is 1. The van der Waals surface area contributed by atoms with Crippen LogP contribution in [-0.2, 0) is 10.0 Å². The molecular formula is C10H13N3O2S. The van der Waals surface area contributed by atoms with Gasteiger partial charge in [0.15, 0.2) is 0 Å². The maximum absolute atomic E-state index is 11.9. The number of nitrogens with zero attached hydrogens (tertiary/aromatic N) is 2. The van der Waals surface area contributed by atoms with Crippen LogP contribution in [0.4, 0.5) is 0 Å². The van der Waals surface area contributed by atoms with Crippen LogP contribution in [0.1, 0.15) is 20.3 Å². The number of rotatable bonds is 4. The predicted octanol–water partition coefficient (Wildman–Crippen LogP) is 1.05. The number of sulfonamides is 1. The molecule has 1 aromatic rings. The first-order valence-electron chi connectivity index (χ1n) is 4.79. The molecule has 0 spiro atoms. The summed E-state index contributed by atoms with van der Waals surface area (Å²) in [4.78, 5) is 3.79. The molecule has 1 unspecified atom stereocenters. The van der Waals surface area contributed by atoms with Crippen LogP contribution in [-0.4, -0.2) is 18.9 Å². The molecule has 6 heteroatoms. The van der Waals surface area contributed by atoms with Crippen LogP contribution in [0, 0.1) is 11.3 Å². The van der Waals surface area contributed by atoms with Crippen LogP contribution < -0.4 is 4.72 Å². The van der Waals surface area contributed by atoms with E-state index in [1.807, 2.05) is 6.07 Å². The maximum Gasteiger partial charge on any atom is 0.243 e. The Hall–Kier alpha value is -1.45. The van der Waals surface area contributed by atoms with E-state index in [9.17, 15) is 8.42 Å². The minimum Gasteiger partial charge on any atom is -0.263 e. The second-order valence-corrected chi connectivity index (χ2v) is 5.27. The quantitative estimate of drug-likeness (QED) is 0.851. The molecule has 0 bridgehead atoms. The number of aromatic nitrogens is 1. The molecule has 0 fully saturated rings. The lowest BCUT2D eigenvalue weighted by Gasteiger charge is -2.20.